The minimum atomic E-state index is -0.430. The molecule has 0 saturated carbocycles. The molecule has 0 aliphatic heterocycles. The highest BCUT2D eigenvalue weighted by molar-refractivity contribution is 6.34. The molecule has 0 spiro atoms. The van der Waals surface area contributed by atoms with Crippen LogP contribution in [0.5, 0.6) is 17.2 Å². The number of ketones is 1. The summed E-state index contributed by atoms with van der Waals surface area (Å²) in [6.45, 7) is -0.223. The molecule has 0 aliphatic carbocycles. The first-order valence-corrected chi connectivity index (χ1v) is 4.81. The predicted molar refractivity (Wildman–Crippen MR) is 59.6 cm³/mol. The number of aromatic hydroxyl groups is 1. The first-order valence-electron chi connectivity index (χ1n) is 4.43. The summed E-state index contributed by atoms with van der Waals surface area (Å²) in [7, 11) is 2.79. The minimum Gasteiger partial charge on any atom is -0.505 e. The Kier molecular flexibility index (Phi) is 3.98. The maximum absolute atomic E-state index is 11.4. The monoisotopic (exact) mass is 245 g/mol. The van der Waals surface area contributed by atoms with Crippen LogP contribution < -0.4 is 15.2 Å². The van der Waals surface area contributed by atoms with Crippen LogP contribution in [0, 0.1) is 0 Å². The Morgan fingerprint density at radius 3 is 2.56 bits per heavy atom. The molecule has 88 valence electrons. The van der Waals surface area contributed by atoms with Crippen molar-refractivity contribution in [2.75, 3.05) is 20.8 Å². The molecule has 0 aromatic heterocycles. The number of carbonyl (C=O) groups excluding carboxylic acids is 1. The van der Waals surface area contributed by atoms with Crippen molar-refractivity contribution in [1.82, 2.24) is 0 Å². The lowest BCUT2D eigenvalue weighted by atomic mass is 10.1. The molecule has 0 aliphatic rings. The number of methoxy groups -OCH3 is 2. The summed E-state index contributed by atoms with van der Waals surface area (Å²) in [6, 6.07) is 1.34. The molecule has 3 N–H and O–H groups in total. The van der Waals surface area contributed by atoms with Crippen LogP contribution in [0.4, 0.5) is 0 Å². The zero-order chi connectivity index (χ0) is 12.3. The van der Waals surface area contributed by atoms with E-state index in [4.69, 9.17) is 26.8 Å². The number of Topliss-reactive ketones (excluding diaryl/α,β-unsaturated/α-hetero) is 1. The molecule has 0 radical (unpaired) electrons. The zero-order valence-electron chi connectivity index (χ0n) is 8.91. The number of carbonyl (C=O) groups is 1. The fourth-order valence-corrected chi connectivity index (χ4v) is 1.54. The molecule has 6 heteroatoms. The van der Waals surface area contributed by atoms with Gasteiger partial charge in [0.15, 0.2) is 17.3 Å². The maximum atomic E-state index is 11.4. The number of phenolic OH excluding ortho intramolecular Hbond substituents is 1. The van der Waals surface area contributed by atoms with Crippen LogP contribution in [0.25, 0.3) is 0 Å². The third-order valence-corrected chi connectivity index (χ3v) is 2.42. The summed E-state index contributed by atoms with van der Waals surface area (Å²) in [5.74, 6) is -0.340. The number of phenols is 1. The Morgan fingerprint density at radius 1 is 1.50 bits per heavy atom. The highest BCUT2D eigenvalue weighted by atomic mass is 35.5. The average Bonchev–Trinajstić information content (AvgIpc) is 2.31. The van der Waals surface area contributed by atoms with Crippen molar-refractivity contribution in [3.8, 4) is 17.2 Å². The number of halogens is 1. The molecule has 1 aromatic carbocycles. The van der Waals surface area contributed by atoms with Gasteiger partial charge in [-0.05, 0) is 6.07 Å². The number of hydrogen-bond donors (Lipinski definition) is 2. The van der Waals surface area contributed by atoms with Gasteiger partial charge in [0.1, 0.15) is 10.8 Å². The van der Waals surface area contributed by atoms with E-state index in [2.05, 4.69) is 0 Å². The molecule has 0 fully saturated rings. The van der Waals surface area contributed by atoms with E-state index in [1.54, 1.807) is 0 Å². The standard InChI is InChI=1S/C10H12ClNO4/c1-15-7-3-5(6(13)4-12)9(14)8(11)10(7)16-2/h3,14H,4,12H2,1-2H3. The van der Waals surface area contributed by atoms with E-state index in [1.165, 1.54) is 20.3 Å². The molecular formula is C10H12ClNO4. The number of nitrogens with two attached hydrogens (primary N) is 1. The number of ether oxygens (including phenoxy) is 2. The third kappa shape index (κ3) is 2.05. The van der Waals surface area contributed by atoms with Crippen molar-refractivity contribution in [1.29, 1.82) is 0 Å². The van der Waals surface area contributed by atoms with Crippen molar-refractivity contribution >= 4 is 17.4 Å². The quantitative estimate of drug-likeness (QED) is 0.779. The van der Waals surface area contributed by atoms with Crippen LogP contribution in [0.1, 0.15) is 10.4 Å². The van der Waals surface area contributed by atoms with Crippen LogP contribution in [0.15, 0.2) is 6.07 Å². The van der Waals surface area contributed by atoms with Gasteiger partial charge < -0.3 is 20.3 Å². The fraction of sp³-hybridized carbons (Fsp3) is 0.300. The van der Waals surface area contributed by atoms with Gasteiger partial charge in [-0.3, -0.25) is 4.79 Å². The normalized spacial score (nSPS) is 10.0. The summed E-state index contributed by atoms with van der Waals surface area (Å²) < 4.78 is 9.95. The molecular weight excluding hydrogens is 234 g/mol. The number of hydrogen-bond acceptors (Lipinski definition) is 5. The molecule has 0 amide bonds. The summed E-state index contributed by atoms with van der Waals surface area (Å²) in [5.41, 5.74) is 5.23. The Hall–Kier alpha value is -1.46. The molecule has 5 nitrogen and oxygen atoms in total. The SMILES string of the molecule is COc1cc(C(=O)CN)c(O)c(Cl)c1OC. The van der Waals surface area contributed by atoms with Crippen LogP contribution in [-0.4, -0.2) is 31.7 Å². The van der Waals surface area contributed by atoms with Gasteiger partial charge in [-0.15, -0.1) is 0 Å². The van der Waals surface area contributed by atoms with Gasteiger partial charge in [0.25, 0.3) is 0 Å². The summed E-state index contributed by atoms with van der Waals surface area (Å²) in [4.78, 5) is 11.4. The lowest BCUT2D eigenvalue weighted by molar-refractivity contribution is 0.0998. The molecule has 0 bridgehead atoms. The van der Waals surface area contributed by atoms with E-state index < -0.39 is 5.78 Å². The first kappa shape index (κ1) is 12.6. The molecule has 1 aromatic rings. The Bertz CT molecular complexity index is 420. The maximum Gasteiger partial charge on any atom is 0.183 e. The van der Waals surface area contributed by atoms with E-state index in [0.29, 0.717) is 0 Å². The van der Waals surface area contributed by atoms with Crippen molar-refractivity contribution < 1.29 is 19.4 Å². The lowest BCUT2D eigenvalue weighted by Crippen LogP contribution is -2.14. The van der Waals surface area contributed by atoms with E-state index in [9.17, 15) is 9.90 Å². The molecule has 1 rings (SSSR count). The Labute approximate surface area is 97.7 Å². The zero-order valence-corrected chi connectivity index (χ0v) is 9.67. The van der Waals surface area contributed by atoms with Crippen molar-refractivity contribution in [3.63, 3.8) is 0 Å². The Morgan fingerprint density at radius 2 is 2.12 bits per heavy atom. The second-order valence-corrected chi connectivity index (χ2v) is 3.33. The highest BCUT2D eigenvalue weighted by Gasteiger charge is 2.20. The third-order valence-electron chi connectivity index (χ3n) is 2.07. The fourth-order valence-electron chi connectivity index (χ4n) is 1.26. The van der Waals surface area contributed by atoms with Crippen molar-refractivity contribution in [2.24, 2.45) is 5.73 Å². The minimum absolute atomic E-state index is 0.0187. The van der Waals surface area contributed by atoms with E-state index in [0.717, 1.165) is 0 Å². The van der Waals surface area contributed by atoms with Crippen LogP contribution >= 0.6 is 11.6 Å². The van der Waals surface area contributed by atoms with Gasteiger partial charge in [0.2, 0.25) is 0 Å². The Balaban J connectivity index is 3.44. The molecule has 0 atom stereocenters. The van der Waals surface area contributed by atoms with Crippen LogP contribution in [0.3, 0.4) is 0 Å². The van der Waals surface area contributed by atoms with Crippen molar-refractivity contribution in [2.45, 2.75) is 0 Å². The molecule has 0 saturated heterocycles. The first-order chi connectivity index (χ1) is 7.56. The second-order valence-electron chi connectivity index (χ2n) is 2.95. The van der Waals surface area contributed by atoms with Gasteiger partial charge in [-0.25, -0.2) is 0 Å². The number of rotatable bonds is 4. The predicted octanol–water partition coefficient (Wildman–Crippen LogP) is 1.20. The van der Waals surface area contributed by atoms with Gasteiger partial charge in [0.05, 0.1) is 26.3 Å². The number of benzene rings is 1. The van der Waals surface area contributed by atoms with Crippen LogP contribution in [-0.2, 0) is 0 Å². The van der Waals surface area contributed by atoms with Crippen LogP contribution in [0.2, 0.25) is 5.02 Å². The average molecular weight is 246 g/mol. The van der Waals surface area contributed by atoms with Gasteiger partial charge >= 0.3 is 0 Å². The molecule has 16 heavy (non-hydrogen) atoms. The summed E-state index contributed by atoms with van der Waals surface area (Å²) in [6.07, 6.45) is 0. The van der Waals surface area contributed by atoms with E-state index in [-0.39, 0.29) is 34.4 Å². The summed E-state index contributed by atoms with van der Waals surface area (Å²) in [5, 5.41) is 9.62. The van der Waals surface area contributed by atoms with E-state index in [1.807, 2.05) is 0 Å². The second kappa shape index (κ2) is 5.05. The molecule has 0 heterocycles. The summed E-state index contributed by atoms with van der Waals surface area (Å²) >= 11 is 5.84. The van der Waals surface area contributed by atoms with Gasteiger partial charge in [0, 0.05) is 0 Å². The smallest absolute Gasteiger partial charge is 0.183 e. The molecule has 0 unspecified atom stereocenters. The van der Waals surface area contributed by atoms with Gasteiger partial charge in [-0.1, -0.05) is 11.6 Å². The highest BCUT2D eigenvalue weighted by Crippen LogP contribution is 2.43. The largest absolute Gasteiger partial charge is 0.505 e. The van der Waals surface area contributed by atoms with Gasteiger partial charge in [-0.2, -0.15) is 0 Å². The van der Waals surface area contributed by atoms with E-state index >= 15 is 0 Å². The van der Waals surface area contributed by atoms with Crippen molar-refractivity contribution in [3.05, 3.63) is 16.7 Å². The topological polar surface area (TPSA) is 81.8 Å². The lowest BCUT2D eigenvalue weighted by Gasteiger charge is -2.13.